The van der Waals surface area contributed by atoms with Crippen LogP contribution in [0.4, 0.5) is 10.1 Å². The first-order valence-corrected chi connectivity index (χ1v) is 9.19. The van der Waals surface area contributed by atoms with E-state index in [1.807, 2.05) is 30.3 Å². The van der Waals surface area contributed by atoms with Crippen molar-refractivity contribution in [2.45, 2.75) is 24.3 Å². The first-order chi connectivity index (χ1) is 11.6. The Morgan fingerprint density at radius 2 is 2.04 bits per heavy atom. The van der Waals surface area contributed by atoms with Gasteiger partial charge in [0.2, 0.25) is 5.91 Å². The number of carbonyl (C=O) groups excluding carboxylic acids is 1. The summed E-state index contributed by atoms with van der Waals surface area (Å²) in [5.41, 5.74) is 1.95. The maximum absolute atomic E-state index is 14.5. The Morgan fingerprint density at radius 1 is 1.25 bits per heavy atom. The number of anilines is 1. The van der Waals surface area contributed by atoms with Gasteiger partial charge in [0.05, 0.1) is 5.69 Å². The van der Waals surface area contributed by atoms with Gasteiger partial charge in [-0.2, -0.15) is 0 Å². The second kappa shape index (κ2) is 8.01. The van der Waals surface area contributed by atoms with Crippen molar-refractivity contribution in [1.82, 2.24) is 5.32 Å². The number of hydrogen-bond donors (Lipinski definition) is 2. The largest absolute Gasteiger partial charge is 0.324 e. The molecule has 0 bridgehead atoms. The highest BCUT2D eigenvalue weighted by Gasteiger charge is 2.17. The molecule has 0 saturated carbocycles. The van der Waals surface area contributed by atoms with Gasteiger partial charge in [-0.3, -0.25) is 4.79 Å². The van der Waals surface area contributed by atoms with Crippen molar-refractivity contribution in [3.63, 3.8) is 0 Å². The average molecular weight is 365 g/mol. The average Bonchev–Trinajstić information content (AvgIpc) is 2.59. The van der Waals surface area contributed by atoms with Crippen LogP contribution in [-0.2, 0) is 17.8 Å². The van der Waals surface area contributed by atoms with Crippen LogP contribution < -0.4 is 10.6 Å². The van der Waals surface area contributed by atoms with E-state index < -0.39 is 0 Å². The zero-order valence-corrected chi connectivity index (χ0v) is 14.6. The molecule has 0 radical (unpaired) electrons. The fourth-order valence-corrected chi connectivity index (χ4v) is 3.61. The van der Waals surface area contributed by atoms with Gasteiger partial charge in [0.25, 0.3) is 0 Å². The molecule has 3 nitrogen and oxygen atoms in total. The molecule has 126 valence electrons. The molecule has 2 aromatic carbocycles. The molecule has 0 atom stereocenters. The van der Waals surface area contributed by atoms with Gasteiger partial charge in [-0.05, 0) is 54.4 Å². The zero-order valence-electron chi connectivity index (χ0n) is 13.1. The Hall–Kier alpha value is -1.56. The summed E-state index contributed by atoms with van der Waals surface area (Å²) in [6.45, 7) is 1.44. The number of rotatable bonds is 5. The van der Waals surface area contributed by atoms with Crippen molar-refractivity contribution in [3.05, 3.63) is 58.4 Å². The highest BCUT2D eigenvalue weighted by Crippen LogP contribution is 2.25. The molecule has 0 aliphatic carbocycles. The van der Waals surface area contributed by atoms with E-state index in [0.29, 0.717) is 35.7 Å². The number of hydrogen-bond acceptors (Lipinski definition) is 3. The van der Waals surface area contributed by atoms with Crippen LogP contribution in [0.25, 0.3) is 0 Å². The molecule has 0 fully saturated rings. The summed E-state index contributed by atoms with van der Waals surface area (Å²) < 4.78 is 14.5. The molecule has 0 aromatic heterocycles. The van der Waals surface area contributed by atoms with Gasteiger partial charge in [-0.25, -0.2) is 4.39 Å². The van der Waals surface area contributed by atoms with Crippen molar-refractivity contribution >= 4 is 35.0 Å². The Kier molecular flexibility index (Phi) is 5.76. The van der Waals surface area contributed by atoms with E-state index in [4.69, 9.17) is 11.6 Å². The summed E-state index contributed by atoms with van der Waals surface area (Å²) in [5.74, 6) is 0.154. The molecule has 0 spiro atoms. The summed E-state index contributed by atoms with van der Waals surface area (Å²) in [6.07, 6.45) is 0.975. The van der Waals surface area contributed by atoms with E-state index in [1.54, 1.807) is 17.8 Å². The first kappa shape index (κ1) is 17.3. The third-order valence-electron chi connectivity index (χ3n) is 3.89. The van der Waals surface area contributed by atoms with Gasteiger partial charge in [0.15, 0.2) is 0 Å². The Bertz CT molecular complexity index is 737. The fourth-order valence-electron chi connectivity index (χ4n) is 2.64. The van der Waals surface area contributed by atoms with Crippen LogP contribution in [-0.4, -0.2) is 18.2 Å². The number of benzene rings is 2. The van der Waals surface area contributed by atoms with Crippen LogP contribution in [0.15, 0.2) is 41.3 Å². The minimum atomic E-state index is -0.298. The van der Waals surface area contributed by atoms with E-state index in [2.05, 4.69) is 10.6 Å². The summed E-state index contributed by atoms with van der Waals surface area (Å²) in [4.78, 5) is 13.1. The lowest BCUT2D eigenvalue weighted by molar-refractivity contribution is -0.115. The molecule has 6 heteroatoms. The lowest BCUT2D eigenvalue weighted by Crippen LogP contribution is -2.25. The molecule has 24 heavy (non-hydrogen) atoms. The number of nitrogens with one attached hydrogen (secondary N) is 2. The van der Waals surface area contributed by atoms with E-state index in [0.717, 1.165) is 17.0 Å². The van der Waals surface area contributed by atoms with Gasteiger partial charge in [-0.15, -0.1) is 11.8 Å². The molecule has 2 N–H and O–H groups in total. The number of carbonyl (C=O) groups is 1. The highest BCUT2D eigenvalue weighted by atomic mass is 35.5. The van der Waals surface area contributed by atoms with Crippen LogP contribution in [0, 0.1) is 5.82 Å². The van der Waals surface area contributed by atoms with Gasteiger partial charge in [0, 0.05) is 28.6 Å². The maximum Gasteiger partial charge on any atom is 0.225 e. The van der Waals surface area contributed by atoms with E-state index >= 15 is 0 Å². The number of amides is 1. The zero-order chi connectivity index (χ0) is 16.9. The molecule has 3 rings (SSSR count). The predicted octanol–water partition coefficient (Wildman–Crippen LogP) is 4.25. The Morgan fingerprint density at radius 3 is 2.83 bits per heavy atom. The molecule has 0 saturated heterocycles. The Balaban J connectivity index is 1.54. The van der Waals surface area contributed by atoms with Crippen molar-refractivity contribution < 1.29 is 9.18 Å². The maximum atomic E-state index is 14.5. The van der Waals surface area contributed by atoms with Gasteiger partial charge in [0.1, 0.15) is 5.82 Å². The third kappa shape index (κ3) is 4.29. The Labute approximate surface area is 150 Å². The van der Waals surface area contributed by atoms with Crippen molar-refractivity contribution in [3.8, 4) is 0 Å². The standard InChI is InChI=1S/C18H18ClFN2OS/c19-13-2-4-14(5-3-13)24-10-8-17(23)22-16-6-1-12-11-21-9-7-15(12)18(16)20/h1-6,21H,7-11H2,(H,22,23). The minimum Gasteiger partial charge on any atom is -0.324 e. The molecule has 1 amide bonds. The van der Waals surface area contributed by atoms with E-state index in [-0.39, 0.29) is 17.4 Å². The fraction of sp³-hybridized carbons (Fsp3) is 0.278. The summed E-state index contributed by atoms with van der Waals surface area (Å²) >= 11 is 7.41. The van der Waals surface area contributed by atoms with Gasteiger partial charge >= 0.3 is 0 Å². The lowest BCUT2D eigenvalue weighted by atomic mass is 9.99. The smallest absolute Gasteiger partial charge is 0.225 e. The summed E-state index contributed by atoms with van der Waals surface area (Å²) in [5, 5.41) is 6.59. The van der Waals surface area contributed by atoms with Crippen molar-refractivity contribution in [1.29, 1.82) is 0 Å². The number of fused-ring (bicyclic) bond motifs is 1. The monoisotopic (exact) mass is 364 g/mol. The molecular formula is C18H18ClFN2OS. The minimum absolute atomic E-state index is 0.177. The van der Waals surface area contributed by atoms with E-state index in [1.165, 1.54) is 0 Å². The van der Waals surface area contributed by atoms with Gasteiger partial charge < -0.3 is 10.6 Å². The van der Waals surface area contributed by atoms with Crippen molar-refractivity contribution in [2.24, 2.45) is 0 Å². The molecule has 1 aliphatic rings. The van der Waals surface area contributed by atoms with Gasteiger partial charge in [-0.1, -0.05) is 17.7 Å². The quantitative estimate of drug-likeness (QED) is 0.779. The molecular weight excluding hydrogens is 347 g/mol. The summed E-state index contributed by atoms with van der Waals surface area (Å²) in [7, 11) is 0. The number of halogens is 2. The molecule has 1 aliphatic heterocycles. The molecule has 0 unspecified atom stereocenters. The summed E-state index contributed by atoms with van der Waals surface area (Å²) in [6, 6.07) is 11.0. The second-order valence-corrected chi connectivity index (χ2v) is 7.20. The lowest BCUT2D eigenvalue weighted by Gasteiger charge is -2.19. The predicted molar refractivity (Wildman–Crippen MR) is 97.2 cm³/mol. The second-order valence-electron chi connectivity index (χ2n) is 5.59. The van der Waals surface area contributed by atoms with Crippen LogP contribution in [0.1, 0.15) is 17.5 Å². The van der Waals surface area contributed by atoms with Crippen LogP contribution >= 0.6 is 23.4 Å². The molecule has 2 aromatic rings. The van der Waals surface area contributed by atoms with Crippen LogP contribution in [0.5, 0.6) is 0 Å². The number of thioether (sulfide) groups is 1. The topological polar surface area (TPSA) is 41.1 Å². The SMILES string of the molecule is O=C(CCSc1ccc(Cl)cc1)Nc1ccc2c(c1F)CCNC2. The van der Waals surface area contributed by atoms with Crippen LogP contribution in [0.2, 0.25) is 5.02 Å². The highest BCUT2D eigenvalue weighted by molar-refractivity contribution is 7.99. The first-order valence-electron chi connectivity index (χ1n) is 7.82. The van der Waals surface area contributed by atoms with E-state index in [9.17, 15) is 9.18 Å². The molecule has 1 heterocycles. The van der Waals surface area contributed by atoms with Crippen LogP contribution in [0.3, 0.4) is 0 Å². The normalized spacial score (nSPS) is 13.4. The third-order valence-corrected chi connectivity index (χ3v) is 5.16. The van der Waals surface area contributed by atoms with Crippen molar-refractivity contribution in [2.75, 3.05) is 17.6 Å².